The molecule has 0 atom stereocenters. The van der Waals surface area contributed by atoms with Gasteiger partial charge in [-0.3, -0.25) is 9.59 Å². The zero-order valence-corrected chi connectivity index (χ0v) is 17.8. The van der Waals surface area contributed by atoms with Gasteiger partial charge >= 0.3 is 11.9 Å². The van der Waals surface area contributed by atoms with Crippen molar-refractivity contribution in [2.75, 3.05) is 11.1 Å². The van der Waals surface area contributed by atoms with Gasteiger partial charge in [0.1, 0.15) is 0 Å². The third-order valence-corrected chi connectivity index (χ3v) is 5.57. The topological polar surface area (TPSA) is 121 Å². The number of thioether (sulfide) groups is 1. The lowest BCUT2D eigenvalue weighted by atomic mass is 10.0. The predicted octanol–water partition coefficient (Wildman–Crippen LogP) is 4.62. The summed E-state index contributed by atoms with van der Waals surface area (Å²) < 4.78 is 0. The second-order valence-electron chi connectivity index (χ2n) is 6.93. The van der Waals surface area contributed by atoms with Gasteiger partial charge in [0.05, 0.1) is 22.4 Å². The smallest absolute Gasteiger partial charge is 0.336 e. The molecule has 0 saturated heterocycles. The van der Waals surface area contributed by atoms with Crippen LogP contribution in [0.2, 0.25) is 0 Å². The van der Waals surface area contributed by atoms with Crippen LogP contribution in [0.25, 0.3) is 0 Å². The van der Waals surface area contributed by atoms with Gasteiger partial charge in [0.2, 0.25) is 0 Å². The molecule has 0 aromatic heterocycles. The molecule has 3 aromatic carbocycles. The number of carboxylic acid groups (broad SMARTS) is 2. The Kier molecular flexibility index (Phi) is 7.07. The van der Waals surface area contributed by atoms with Crippen LogP contribution >= 0.6 is 11.8 Å². The van der Waals surface area contributed by atoms with Gasteiger partial charge in [0, 0.05) is 16.1 Å². The van der Waals surface area contributed by atoms with Crippen molar-refractivity contribution < 1.29 is 29.4 Å². The fourth-order valence-electron chi connectivity index (χ4n) is 2.89. The van der Waals surface area contributed by atoms with Gasteiger partial charge in [-0.2, -0.15) is 0 Å². The number of anilines is 1. The second kappa shape index (κ2) is 9.93. The molecule has 8 heteroatoms. The van der Waals surface area contributed by atoms with Crippen LogP contribution in [0, 0.1) is 6.92 Å². The normalized spacial score (nSPS) is 10.4. The summed E-state index contributed by atoms with van der Waals surface area (Å²) in [7, 11) is 0. The van der Waals surface area contributed by atoms with E-state index in [-0.39, 0.29) is 22.7 Å². The molecular formula is C24H19NO6S. The van der Waals surface area contributed by atoms with Crippen LogP contribution < -0.4 is 5.32 Å². The number of carbonyl (C=O) groups is 4. The van der Waals surface area contributed by atoms with Crippen LogP contribution in [0.5, 0.6) is 0 Å². The van der Waals surface area contributed by atoms with Crippen molar-refractivity contribution in [2.45, 2.75) is 11.8 Å². The van der Waals surface area contributed by atoms with Gasteiger partial charge in [-0.15, -0.1) is 11.8 Å². The summed E-state index contributed by atoms with van der Waals surface area (Å²) in [6, 6.07) is 17.4. The first-order chi connectivity index (χ1) is 15.2. The van der Waals surface area contributed by atoms with E-state index >= 15 is 0 Å². The van der Waals surface area contributed by atoms with Crippen molar-refractivity contribution >= 4 is 41.1 Å². The second-order valence-corrected chi connectivity index (χ2v) is 7.98. The van der Waals surface area contributed by atoms with Crippen LogP contribution in [0.15, 0.2) is 71.6 Å². The van der Waals surface area contributed by atoms with E-state index in [1.807, 2.05) is 19.1 Å². The Balaban J connectivity index is 1.71. The number of aromatic carboxylic acids is 2. The molecule has 1 amide bonds. The Morgan fingerprint density at radius 2 is 1.50 bits per heavy atom. The van der Waals surface area contributed by atoms with Crippen LogP contribution in [-0.4, -0.2) is 39.6 Å². The minimum absolute atomic E-state index is 0.0194. The number of aryl methyl sites for hydroxylation is 1. The number of carbonyl (C=O) groups excluding carboxylic acids is 2. The first-order valence-electron chi connectivity index (χ1n) is 9.49. The zero-order valence-electron chi connectivity index (χ0n) is 17.0. The lowest BCUT2D eigenvalue weighted by Gasteiger charge is -2.10. The first kappa shape index (κ1) is 22.8. The molecule has 0 saturated carbocycles. The number of ketones is 1. The Morgan fingerprint density at radius 1 is 0.812 bits per heavy atom. The summed E-state index contributed by atoms with van der Waals surface area (Å²) in [5.74, 6) is -3.17. The van der Waals surface area contributed by atoms with E-state index in [2.05, 4.69) is 5.32 Å². The van der Waals surface area contributed by atoms with Gasteiger partial charge in [-0.25, -0.2) is 9.59 Å². The van der Waals surface area contributed by atoms with Crippen molar-refractivity contribution in [3.05, 3.63) is 94.5 Å². The van der Waals surface area contributed by atoms with Crippen molar-refractivity contribution in [3.8, 4) is 0 Å². The monoisotopic (exact) mass is 449 g/mol. The number of nitrogens with one attached hydrogen (secondary N) is 1. The maximum atomic E-state index is 12.6. The quantitative estimate of drug-likeness (QED) is 0.339. The van der Waals surface area contributed by atoms with Gasteiger partial charge in [0.15, 0.2) is 5.78 Å². The van der Waals surface area contributed by atoms with Gasteiger partial charge in [-0.05, 0) is 43.3 Å². The van der Waals surface area contributed by atoms with Crippen LogP contribution in [0.3, 0.4) is 0 Å². The van der Waals surface area contributed by atoms with Gasteiger partial charge < -0.3 is 15.5 Å². The van der Waals surface area contributed by atoms with Crippen LogP contribution in [-0.2, 0) is 0 Å². The summed E-state index contributed by atoms with van der Waals surface area (Å²) in [4.78, 5) is 48.3. The van der Waals surface area contributed by atoms with Crippen molar-refractivity contribution in [3.63, 3.8) is 0 Å². The molecule has 3 rings (SSSR count). The molecule has 0 heterocycles. The zero-order chi connectivity index (χ0) is 23.3. The highest BCUT2D eigenvalue weighted by Crippen LogP contribution is 2.24. The Morgan fingerprint density at radius 3 is 2.16 bits per heavy atom. The van der Waals surface area contributed by atoms with E-state index in [1.165, 1.54) is 23.9 Å². The number of hydrogen-bond donors (Lipinski definition) is 3. The molecule has 0 aliphatic carbocycles. The summed E-state index contributed by atoms with van der Waals surface area (Å²) >= 11 is 1.32. The standard InChI is InChI=1S/C24H19NO6S/c1-14-5-7-15(8-6-14)21(26)13-32-18-4-2-3-17(12-18)25-22(27)19-10-9-16(23(28)29)11-20(19)24(30)31/h2-12H,13H2,1H3,(H,25,27)(H,28,29)(H,30,31). The minimum Gasteiger partial charge on any atom is -0.478 e. The van der Waals surface area contributed by atoms with E-state index in [0.29, 0.717) is 11.3 Å². The minimum atomic E-state index is -1.41. The Bertz CT molecular complexity index is 1200. The molecule has 3 aromatic rings. The molecule has 0 spiro atoms. The van der Waals surface area contributed by atoms with Crippen molar-refractivity contribution in [1.82, 2.24) is 0 Å². The molecule has 0 aliphatic heterocycles. The fraction of sp³-hybridized carbons (Fsp3) is 0.0833. The highest BCUT2D eigenvalue weighted by molar-refractivity contribution is 8.00. The average molecular weight is 449 g/mol. The molecular weight excluding hydrogens is 430 g/mol. The number of amides is 1. The molecule has 0 fully saturated rings. The predicted molar refractivity (Wildman–Crippen MR) is 121 cm³/mol. The van der Waals surface area contributed by atoms with Gasteiger partial charge in [-0.1, -0.05) is 35.9 Å². The summed E-state index contributed by atoms with van der Waals surface area (Å²) in [5, 5.41) is 21.0. The third-order valence-electron chi connectivity index (χ3n) is 4.58. The van der Waals surface area contributed by atoms with E-state index in [4.69, 9.17) is 5.11 Å². The summed E-state index contributed by atoms with van der Waals surface area (Å²) in [6.07, 6.45) is 0. The highest BCUT2D eigenvalue weighted by atomic mass is 32.2. The van der Waals surface area contributed by atoms with E-state index in [0.717, 1.165) is 16.5 Å². The number of rotatable bonds is 8. The third kappa shape index (κ3) is 5.61. The number of benzene rings is 3. The van der Waals surface area contributed by atoms with E-state index < -0.39 is 23.4 Å². The van der Waals surface area contributed by atoms with Crippen molar-refractivity contribution in [2.24, 2.45) is 0 Å². The number of hydrogen-bond acceptors (Lipinski definition) is 5. The average Bonchev–Trinajstić information content (AvgIpc) is 2.77. The fourth-order valence-corrected chi connectivity index (χ4v) is 3.74. The van der Waals surface area contributed by atoms with E-state index in [9.17, 15) is 24.3 Å². The lowest BCUT2D eigenvalue weighted by Crippen LogP contribution is -2.17. The molecule has 3 N–H and O–H groups in total. The Labute approximate surface area is 188 Å². The molecule has 0 aliphatic rings. The molecule has 7 nitrogen and oxygen atoms in total. The molecule has 0 unspecified atom stereocenters. The highest BCUT2D eigenvalue weighted by Gasteiger charge is 2.19. The maximum Gasteiger partial charge on any atom is 0.336 e. The van der Waals surface area contributed by atoms with Gasteiger partial charge in [0.25, 0.3) is 5.91 Å². The van der Waals surface area contributed by atoms with Crippen LogP contribution in [0.4, 0.5) is 5.69 Å². The largest absolute Gasteiger partial charge is 0.478 e. The number of carboxylic acids is 2. The first-order valence-corrected chi connectivity index (χ1v) is 10.5. The maximum absolute atomic E-state index is 12.6. The SMILES string of the molecule is Cc1ccc(C(=O)CSc2cccc(NC(=O)c3ccc(C(=O)O)cc3C(=O)O)c2)cc1. The summed E-state index contributed by atoms with van der Waals surface area (Å²) in [6.45, 7) is 1.95. The molecule has 0 bridgehead atoms. The van der Waals surface area contributed by atoms with Crippen LogP contribution in [0.1, 0.15) is 47.0 Å². The Hall–Kier alpha value is -3.91. The molecule has 0 radical (unpaired) electrons. The lowest BCUT2D eigenvalue weighted by molar-refractivity contribution is 0.0692. The molecule has 32 heavy (non-hydrogen) atoms. The van der Waals surface area contributed by atoms with E-state index in [1.54, 1.807) is 36.4 Å². The van der Waals surface area contributed by atoms with Crippen molar-refractivity contribution in [1.29, 1.82) is 0 Å². The summed E-state index contributed by atoms with van der Waals surface area (Å²) in [5.41, 5.74) is 1.32. The number of Topliss-reactive ketones (excluding diaryl/α,β-unsaturated/α-hetero) is 1. The molecule has 162 valence electrons.